The number of ether oxygens (including phenoxy) is 2. The van der Waals surface area contributed by atoms with Crippen LogP contribution in [0.2, 0.25) is 0 Å². The number of carbonyl (C=O) groups excluding carboxylic acids is 2. The van der Waals surface area contributed by atoms with Gasteiger partial charge in [0.05, 0.1) is 27.7 Å². The highest BCUT2D eigenvalue weighted by Crippen LogP contribution is 2.43. The van der Waals surface area contributed by atoms with Crippen LogP contribution in [0.25, 0.3) is 0 Å². The number of phosphoric ester groups is 1. The van der Waals surface area contributed by atoms with Crippen LogP contribution in [-0.4, -0.2) is 74.9 Å². The van der Waals surface area contributed by atoms with E-state index in [0.717, 1.165) is 83.5 Å². The Morgan fingerprint density at radius 1 is 0.376 bits per heavy atom. The lowest BCUT2D eigenvalue weighted by Gasteiger charge is -2.24. The number of quaternary nitrogens is 1. The normalized spacial score (nSPS) is 13.5. The molecule has 0 amide bonds. The molecule has 0 spiro atoms. The zero-order chi connectivity index (χ0) is 61.9. The van der Waals surface area contributed by atoms with Gasteiger partial charge in [-0.25, -0.2) is 4.57 Å². The second-order valence-corrected chi connectivity index (χ2v) is 27.1. The summed E-state index contributed by atoms with van der Waals surface area (Å²) in [7, 11) is 1.48. The first-order valence-electron chi connectivity index (χ1n) is 36.2. The van der Waals surface area contributed by atoms with E-state index in [1.54, 1.807) is 0 Å². The van der Waals surface area contributed by atoms with Crippen LogP contribution in [-0.2, 0) is 32.7 Å². The maximum Gasteiger partial charge on any atom is 0.472 e. The van der Waals surface area contributed by atoms with Crippen molar-refractivity contribution in [1.29, 1.82) is 0 Å². The van der Waals surface area contributed by atoms with Crippen molar-refractivity contribution < 1.29 is 42.1 Å². The van der Waals surface area contributed by atoms with Crippen LogP contribution in [0.5, 0.6) is 0 Å². The Balaban J connectivity index is 4.00. The van der Waals surface area contributed by atoms with E-state index in [0.29, 0.717) is 17.4 Å². The number of likely N-dealkylation sites (N-methyl/N-ethyl adjacent to an activating group) is 1. The molecule has 85 heavy (non-hydrogen) atoms. The third-order valence-electron chi connectivity index (χ3n) is 16.0. The fraction of sp³-hybridized carbons (Fsp3) is 0.813. The Morgan fingerprint density at radius 3 is 1.00 bits per heavy atom. The highest BCUT2D eigenvalue weighted by Gasteiger charge is 2.27. The molecule has 10 heteroatoms. The molecule has 0 aromatic rings. The predicted molar refractivity (Wildman–Crippen MR) is 367 cm³/mol. The summed E-state index contributed by atoms with van der Waals surface area (Å²) in [4.78, 5) is 35.9. The zero-order valence-electron chi connectivity index (χ0n) is 56.6. The maximum absolute atomic E-state index is 12.9. The Bertz CT molecular complexity index is 1660. The first kappa shape index (κ1) is 82.5. The van der Waals surface area contributed by atoms with Crippen LogP contribution in [0.1, 0.15) is 341 Å². The second kappa shape index (κ2) is 65.9. The molecule has 0 heterocycles. The molecule has 2 unspecified atom stereocenters. The van der Waals surface area contributed by atoms with Crippen molar-refractivity contribution in [3.05, 3.63) is 72.9 Å². The summed E-state index contributed by atoms with van der Waals surface area (Å²) in [6, 6.07) is 0. The van der Waals surface area contributed by atoms with Crippen LogP contribution in [0, 0.1) is 0 Å². The third kappa shape index (κ3) is 70.4. The van der Waals surface area contributed by atoms with E-state index in [-0.39, 0.29) is 32.0 Å². The predicted octanol–water partition coefficient (Wildman–Crippen LogP) is 23.6. The fourth-order valence-electron chi connectivity index (χ4n) is 10.5. The van der Waals surface area contributed by atoms with Crippen molar-refractivity contribution >= 4 is 19.8 Å². The molecule has 0 bridgehead atoms. The first-order chi connectivity index (χ1) is 41.5. The molecular weight excluding hydrogens is 1070 g/mol. The average molecular weight is 1210 g/mol. The number of allylic oxidation sites excluding steroid dienone is 12. The van der Waals surface area contributed by atoms with Crippen LogP contribution >= 0.6 is 7.82 Å². The minimum absolute atomic E-state index is 0.0286. The molecule has 496 valence electrons. The smallest absolute Gasteiger partial charge is 0.462 e. The summed E-state index contributed by atoms with van der Waals surface area (Å²) >= 11 is 0. The van der Waals surface area contributed by atoms with E-state index >= 15 is 0 Å². The van der Waals surface area contributed by atoms with Crippen molar-refractivity contribution in [1.82, 2.24) is 0 Å². The number of hydrogen-bond donors (Lipinski definition) is 1. The number of carbonyl (C=O) groups is 2. The molecule has 9 nitrogen and oxygen atoms in total. The lowest BCUT2D eigenvalue weighted by molar-refractivity contribution is -0.870. The minimum atomic E-state index is -4.40. The van der Waals surface area contributed by atoms with Gasteiger partial charge in [-0.2, -0.15) is 0 Å². The summed E-state index contributed by atoms with van der Waals surface area (Å²) in [6.45, 7) is 4.36. The van der Waals surface area contributed by atoms with Gasteiger partial charge in [0.25, 0.3) is 0 Å². The Hall–Kier alpha value is -2.55. The quantitative estimate of drug-likeness (QED) is 0.0211. The van der Waals surface area contributed by atoms with Gasteiger partial charge in [-0.1, -0.05) is 337 Å². The van der Waals surface area contributed by atoms with Crippen molar-refractivity contribution in [2.75, 3.05) is 47.5 Å². The van der Waals surface area contributed by atoms with Crippen molar-refractivity contribution in [3.8, 4) is 0 Å². The van der Waals surface area contributed by atoms with Crippen LogP contribution in [0.15, 0.2) is 72.9 Å². The number of esters is 2. The van der Waals surface area contributed by atoms with E-state index in [9.17, 15) is 19.0 Å². The summed E-state index contributed by atoms with van der Waals surface area (Å²) in [5.74, 6) is -0.795. The average Bonchev–Trinajstić information content (AvgIpc) is 3.52. The Morgan fingerprint density at radius 2 is 0.671 bits per heavy atom. The van der Waals surface area contributed by atoms with E-state index in [1.165, 1.54) is 225 Å². The highest BCUT2D eigenvalue weighted by atomic mass is 31.2. The molecule has 0 aliphatic carbocycles. The summed E-state index contributed by atoms with van der Waals surface area (Å²) in [5, 5.41) is 0. The van der Waals surface area contributed by atoms with E-state index in [2.05, 4.69) is 86.8 Å². The van der Waals surface area contributed by atoms with Gasteiger partial charge in [0.1, 0.15) is 19.8 Å². The van der Waals surface area contributed by atoms with Crippen LogP contribution in [0.3, 0.4) is 0 Å². The van der Waals surface area contributed by atoms with Gasteiger partial charge in [-0.15, -0.1) is 0 Å². The lowest BCUT2D eigenvalue weighted by atomic mass is 10.0. The number of phosphoric acid groups is 1. The largest absolute Gasteiger partial charge is 0.472 e. The molecule has 0 saturated heterocycles. The molecule has 2 atom stereocenters. The van der Waals surface area contributed by atoms with Crippen molar-refractivity contribution in [3.63, 3.8) is 0 Å². The minimum Gasteiger partial charge on any atom is -0.462 e. The van der Waals surface area contributed by atoms with Crippen molar-refractivity contribution in [2.45, 2.75) is 347 Å². The fourth-order valence-corrected chi connectivity index (χ4v) is 11.2. The van der Waals surface area contributed by atoms with Gasteiger partial charge in [-0.05, 0) is 64.2 Å². The SMILES string of the molecule is CC/C=C\C/C=C\C/C=C\C/C=C\C/C=C\C/C=C\CCCCCCCCCCC(=O)OC(COC(=O)CCCCCCCCCCCCCCCCCCCCCCCCCCCCCCCCCCCC)COP(=O)(O)OCC[N+](C)(C)C. The Labute approximate surface area is 527 Å². The zero-order valence-corrected chi connectivity index (χ0v) is 57.5. The van der Waals surface area contributed by atoms with Gasteiger partial charge in [0, 0.05) is 12.8 Å². The van der Waals surface area contributed by atoms with E-state index in [1.807, 2.05) is 21.1 Å². The summed E-state index contributed by atoms with van der Waals surface area (Å²) in [6.07, 6.45) is 88.8. The molecule has 0 aliphatic rings. The summed E-state index contributed by atoms with van der Waals surface area (Å²) < 4.78 is 34.7. The molecule has 0 aromatic carbocycles. The second-order valence-electron chi connectivity index (χ2n) is 25.6. The molecule has 0 aliphatic heterocycles. The maximum atomic E-state index is 12.9. The molecule has 0 radical (unpaired) electrons. The van der Waals surface area contributed by atoms with E-state index in [4.69, 9.17) is 18.5 Å². The van der Waals surface area contributed by atoms with Gasteiger partial charge < -0.3 is 18.9 Å². The Kier molecular flexibility index (Phi) is 63.9. The molecule has 0 saturated carbocycles. The van der Waals surface area contributed by atoms with Gasteiger partial charge in [0.15, 0.2) is 6.10 Å². The van der Waals surface area contributed by atoms with Gasteiger partial charge >= 0.3 is 19.8 Å². The number of hydrogen-bond acceptors (Lipinski definition) is 7. The standard InChI is InChI=1S/C75H138NO8P/c1-6-8-10-12-14-16-18-20-22-24-26-28-30-32-34-35-36-37-38-39-40-42-43-45-47-49-51-53-55-57-59-61-63-65-67-74(77)81-71-73(72-83-85(79,80)82-70-69-76(3,4)5)84-75(78)68-66-64-62-60-58-56-54-52-50-48-46-44-41-33-31-29-27-25-23-21-19-17-15-13-11-9-7-2/h9,11,15,17,21,23,27,29,33,41,46,48,73H,6-8,10,12-14,16,18-20,22,24-26,28,30-32,34-40,42-45,47,49-72H2,1-5H3/p+1/b11-9-,17-15-,23-21-,29-27-,41-33-,48-46-. The van der Waals surface area contributed by atoms with Crippen LogP contribution < -0.4 is 0 Å². The number of rotatable bonds is 67. The molecule has 1 N–H and O–H groups in total. The van der Waals surface area contributed by atoms with Crippen LogP contribution in [0.4, 0.5) is 0 Å². The number of nitrogens with zero attached hydrogens (tertiary/aromatic N) is 1. The summed E-state index contributed by atoms with van der Waals surface area (Å²) in [5.41, 5.74) is 0. The van der Waals surface area contributed by atoms with Gasteiger partial charge in [-0.3, -0.25) is 18.6 Å². The topological polar surface area (TPSA) is 108 Å². The first-order valence-corrected chi connectivity index (χ1v) is 37.7. The molecular formula is C75H139NO8P+. The van der Waals surface area contributed by atoms with Gasteiger partial charge in [0.2, 0.25) is 0 Å². The molecule has 0 fully saturated rings. The van der Waals surface area contributed by atoms with E-state index < -0.39 is 26.5 Å². The van der Waals surface area contributed by atoms with Crippen molar-refractivity contribution in [2.24, 2.45) is 0 Å². The lowest BCUT2D eigenvalue weighted by Crippen LogP contribution is -2.37. The highest BCUT2D eigenvalue weighted by molar-refractivity contribution is 7.47. The molecule has 0 rings (SSSR count). The molecule has 0 aromatic heterocycles. The monoisotopic (exact) mass is 1210 g/mol. The third-order valence-corrected chi connectivity index (χ3v) is 17.0. The number of unbranched alkanes of at least 4 members (excludes halogenated alkanes) is 41.